The van der Waals surface area contributed by atoms with Crippen molar-refractivity contribution in [1.29, 1.82) is 0 Å². The summed E-state index contributed by atoms with van der Waals surface area (Å²) >= 11 is 0. The lowest BCUT2D eigenvalue weighted by molar-refractivity contribution is 0.468. The summed E-state index contributed by atoms with van der Waals surface area (Å²) in [7, 11) is 0. The second kappa shape index (κ2) is 4.63. The summed E-state index contributed by atoms with van der Waals surface area (Å²) in [6, 6.07) is 10.2. The molecule has 0 saturated carbocycles. The highest BCUT2D eigenvalue weighted by Gasteiger charge is 2.16. The fraction of sp³-hybridized carbons (Fsp3) is 0.273. The molecule has 3 rings (SSSR count). The Bertz CT molecular complexity index is 466. The first-order valence-corrected chi connectivity index (χ1v) is 5.13. The second-order valence-corrected chi connectivity index (χ2v) is 3.65. The van der Waals surface area contributed by atoms with Gasteiger partial charge in [0.05, 0.1) is 12.2 Å². The zero-order valence-corrected chi connectivity index (χ0v) is 9.57. The Morgan fingerprint density at radius 1 is 1.19 bits per heavy atom. The van der Waals surface area contributed by atoms with Gasteiger partial charge in [-0.25, -0.2) is 4.68 Å². The van der Waals surface area contributed by atoms with Crippen molar-refractivity contribution in [2.24, 2.45) is 0 Å². The maximum absolute atomic E-state index is 4.24. The molecule has 5 heteroatoms. The van der Waals surface area contributed by atoms with Crippen LogP contribution in [0.4, 0.5) is 0 Å². The normalized spacial score (nSPS) is 14.0. The Hall–Kier alpha value is -1.39. The van der Waals surface area contributed by atoms with E-state index >= 15 is 0 Å². The number of nitrogens with zero attached hydrogens (tertiary/aromatic N) is 3. The summed E-state index contributed by atoms with van der Waals surface area (Å²) in [4.78, 5) is 0. The Labute approximate surface area is 100 Å². The predicted molar refractivity (Wildman–Crippen MR) is 64.4 cm³/mol. The molecule has 1 N–H and O–H groups in total. The second-order valence-electron chi connectivity index (χ2n) is 3.65. The zero-order valence-electron chi connectivity index (χ0n) is 8.76. The van der Waals surface area contributed by atoms with Crippen LogP contribution in [0.1, 0.15) is 5.69 Å². The molecule has 1 aromatic heterocycles. The largest absolute Gasteiger partial charge is 0.309 e. The van der Waals surface area contributed by atoms with Crippen LogP contribution in [0.3, 0.4) is 0 Å². The third-order valence-electron chi connectivity index (χ3n) is 2.68. The first kappa shape index (κ1) is 11.1. The molecular formula is C11H13ClN4. The minimum atomic E-state index is 0. The average molecular weight is 237 g/mol. The number of hydrogen-bond donors (Lipinski definition) is 1. The van der Waals surface area contributed by atoms with Gasteiger partial charge in [0.25, 0.3) is 0 Å². The summed E-state index contributed by atoms with van der Waals surface area (Å²) in [5, 5.41) is 11.7. The van der Waals surface area contributed by atoms with Gasteiger partial charge in [0, 0.05) is 18.7 Å². The van der Waals surface area contributed by atoms with E-state index < -0.39 is 0 Å². The van der Waals surface area contributed by atoms with Gasteiger partial charge in [-0.1, -0.05) is 35.5 Å². The van der Waals surface area contributed by atoms with E-state index in [0.717, 1.165) is 30.9 Å². The van der Waals surface area contributed by atoms with Gasteiger partial charge in [-0.15, -0.1) is 17.5 Å². The Kier molecular flexibility index (Phi) is 3.22. The fourth-order valence-corrected chi connectivity index (χ4v) is 1.90. The van der Waals surface area contributed by atoms with Crippen LogP contribution in [0.25, 0.3) is 11.3 Å². The van der Waals surface area contributed by atoms with Crippen molar-refractivity contribution in [3.63, 3.8) is 0 Å². The van der Waals surface area contributed by atoms with Gasteiger partial charge < -0.3 is 5.32 Å². The van der Waals surface area contributed by atoms with E-state index in [4.69, 9.17) is 0 Å². The molecule has 4 nitrogen and oxygen atoms in total. The minimum absolute atomic E-state index is 0. The van der Waals surface area contributed by atoms with Crippen molar-refractivity contribution in [3.8, 4) is 11.3 Å². The van der Waals surface area contributed by atoms with Crippen LogP contribution in [0.2, 0.25) is 0 Å². The molecule has 0 aliphatic carbocycles. The molecule has 0 saturated heterocycles. The molecule has 1 aliphatic heterocycles. The van der Waals surface area contributed by atoms with Crippen molar-refractivity contribution < 1.29 is 0 Å². The molecule has 16 heavy (non-hydrogen) atoms. The van der Waals surface area contributed by atoms with Crippen molar-refractivity contribution >= 4 is 12.4 Å². The van der Waals surface area contributed by atoms with Gasteiger partial charge in [-0.2, -0.15) is 0 Å². The van der Waals surface area contributed by atoms with Crippen LogP contribution >= 0.6 is 12.4 Å². The number of fused-ring (bicyclic) bond motifs is 1. The van der Waals surface area contributed by atoms with Crippen LogP contribution in [0, 0.1) is 0 Å². The molecule has 1 aliphatic rings. The quantitative estimate of drug-likeness (QED) is 0.816. The molecular weight excluding hydrogens is 224 g/mol. The smallest absolute Gasteiger partial charge is 0.117 e. The van der Waals surface area contributed by atoms with E-state index in [1.165, 1.54) is 5.69 Å². The molecule has 0 atom stereocenters. The lowest BCUT2D eigenvalue weighted by Gasteiger charge is -2.14. The third-order valence-corrected chi connectivity index (χ3v) is 2.68. The highest BCUT2D eigenvalue weighted by molar-refractivity contribution is 5.85. The SMILES string of the molecule is Cl.c1ccc(-c2nnn3c2CNCC3)cc1. The number of benzene rings is 1. The maximum Gasteiger partial charge on any atom is 0.117 e. The zero-order chi connectivity index (χ0) is 10.1. The molecule has 0 spiro atoms. The van der Waals surface area contributed by atoms with Gasteiger partial charge in [-0.3, -0.25) is 0 Å². The lowest BCUT2D eigenvalue weighted by atomic mass is 10.1. The third kappa shape index (κ3) is 1.81. The topological polar surface area (TPSA) is 42.7 Å². The van der Waals surface area contributed by atoms with Crippen molar-refractivity contribution in [2.45, 2.75) is 13.1 Å². The Balaban J connectivity index is 0.000000963. The predicted octanol–water partition coefficient (Wildman–Crippen LogP) is 1.47. The molecule has 0 fully saturated rings. The first-order valence-electron chi connectivity index (χ1n) is 5.13. The van der Waals surface area contributed by atoms with E-state index in [1.807, 2.05) is 22.9 Å². The number of halogens is 1. The van der Waals surface area contributed by atoms with E-state index in [2.05, 4.69) is 27.8 Å². The summed E-state index contributed by atoms with van der Waals surface area (Å²) in [5.74, 6) is 0. The number of hydrogen-bond acceptors (Lipinski definition) is 3. The molecule has 1 aromatic carbocycles. The van der Waals surface area contributed by atoms with E-state index in [0.29, 0.717) is 0 Å². The van der Waals surface area contributed by atoms with Gasteiger partial charge >= 0.3 is 0 Å². The van der Waals surface area contributed by atoms with Gasteiger partial charge in [0.1, 0.15) is 5.69 Å². The van der Waals surface area contributed by atoms with Gasteiger partial charge in [0.2, 0.25) is 0 Å². The monoisotopic (exact) mass is 236 g/mol. The lowest BCUT2D eigenvalue weighted by Crippen LogP contribution is -2.28. The average Bonchev–Trinajstić information content (AvgIpc) is 2.74. The van der Waals surface area contributed by atoms with Crippen molar-refractivity contribution in [1.82, 2.24) is 20.3 Å². The summed E-state index contributed by atoms with van der Waals surface area (Å²) < 4.78 is 1.98. The van der Waals surface area contributed by atoms with Crippen LogP contribution in [0.5, 0.6) is 0 Å². The Morgan fingerprint density at radius 2 is 2.00 bits per heavy atom. The van der Waals surface area contributed by atoms with Gasteiger partial charge in [-0.05, 0) is 0 Å². The van der Waals surface area contributed by atoms with Gasteiger partial charge in [0.15, 0.2) is 0 Å². The molecule has 0 bridgehead atoms. The van der Waals surface area contributed by atoms with Crippen LogP contribution < -0.4 is 5.32 Å². The van der Waals surface area contributed by atoms with Crippen molar-refractivity contribution in [2.75, 3.05) is 6.54 Å². The summed E-state index contributed by atoms with van der Waals surface area (Å²) in [6.45, 7) is 2.75. The fourth-order valence-electron chi connectivity index (χ4n) is 1.90. The minimum Gasteiger partial charge on any atom is -0.309 e. The van der Waals surface area contributed by atoms with E-state index in [1.54, 1.807) is 0 Å². The highest BCUT2D eigenvalue weighted by Crippen LogP contribution is 2.21. The molecule has 0 amide bonds. The highest BCUT2D eigenvalue weighted by atomic mass is 35.5. The molecule has 2 aromatic rings. The summed E-state index contributed by atoms with van der Waals surface area (Å²) in [5.41, 5.74) is 3.33. The molecule has 2 heterocycles. The first-order chi connectivity index (χ1) is 7.45. The number of aromatic nitrogens is 3. The molecule has 84 valence electrons. The molecule has 0 unspecified atom stereocenters. The number of rotatable bonds is 1. The molecule has 0 radical (unpaired) electrons. The van der Waals surface area contributed by atoms with Crippen molar-refractivity contribution in [3.05, 3.63) is 36.0 Å². The van der Waals surface area contributed by atoms with Crippen LogP contribution in [-0.4, -0.2) is 21.5 Å². The standard InChI is InChI=1S/C11H12N4.ClH/c1-2-4-9(5-3-1)11-10-8-12-6-7-15(10)14-13-11;/h1-5,12H,6-8H2;1H. The maximum atomic E-state index is 4.24. The Morgan fingerprint density at radius 3 is 2.81 bits per heavy atom. The van der Waals surface area contributed by atoms with E-state index in [-0.39, 0.29) is 12.4 Å². The van der Waals surface area contributed by atoms with Crippen LogP contribution in [-0.2, 0) is 13.1 Å². The summed E-state index contributed by atoms with van der Waals surface area (Å²) in [6.07, 6.45) is 0. The number of nitrogens with one attached hydrogen (secondary N) is 1. The van der Waals surface area contributed by atoms with E-state index in [9.17, 15) is 0 Å². The van der Waals surface area contributed by atoms with Crippen LogP contribution in [0.15, 0.2) is 30.3 Å².